The van der Waals surface area contributed by atoms with Crippen molar-refractivity contribution in [1.82, 2.24) is 4.90 Å². The van der Waals surface area contributed by atoms with Gasteiger partial charge in [0.05, 0.1) is 13.2 Å². The monoisotopic (exact) mass is 189 g/mol. The van der Waals surface area contributed by atoms with Crippen LogP contribution in [0.25, 0.3) is 0 Å². The van der Waals surface area contributed by atoms with Crippen molar-refractivity contribution in [2.75, 3.05) is 26.4 Å². The van der Waals surface area contributed by atoms with Gasteiger partial charge in [-0.2, -0.15) is 0 Å². The molecule has 1 fully saturated rings. The van der Waals surface area contributed by atoms with Crippen molar-refractivity contribution in [1.29, 1.82) is 0 Å². The lowest BCUT2D eigenvalue weighted by Gasteiger charge is -2.32. The molecule has 0 aliphatic carbocycles. The van der Waals surface area contributed by atoms with E-state index >= 15 is 0 Å². The topological polar surface area (TPSA) is 70.0 Å². The number of cyclic esters (lactones) is 1. The van der Waals surface area contributed by atoms with Gasteiger partial charge in [-0.15, -0.1) is 0 Å². The fourth-order valence-corrected chi connectivity index (χ4v) is 1.51. The average molecular weight is 189 g/mol. The first-order chi connectivity index (χ1) is 6.20. The minimum atomic E-state index is -0.625. The molecule has 1 atom stereocenters. The third kappa shape index (κ3) is 1.62. The fourth-order valence-electron chi connectivity index (χ4n) is 1.51. The highest BCUT2D eigenvalue weighted by Gasteiger charge is 2.45. The minimum absolute atomic E-state index is 0.114. The normalized spacial score (nSPS) is 27.9. The molecule has 1 amide bonds. The summed E-state index contributed by atoms with van der Waals surface area (Å²) in [5.74, 6) is 0. The van der Waals surface area contributed by atoms with Crippen LogP contribution in [-0.4, -0.2) is 53.1 Å². The van der Waals surface area contributed by atoms with E-state index in [1.165, 1.54) is 4.90 Å². The highest BCUT2D eigenvalue weighted by atomic mass is 16.6. The number of carbonyl (C=O) groups excluding carboxylic acids is 1. The zero-order valence-electron chi connectivity index (χ0n) is 7.69. The molecule has 1 saturated heterocycles. The molecule has 13 heavy (non-hydrogen) atoms. The van der Waals surface area contributed by atoms with Crippen molar-refractivity contribution in [3.05, 3.63) is 0 Å². The van der Waals surface area contributed by atoms with E-state index in [2.05, 4.69) is 0 Å². The van der Waals surface area contributed by atoms with E-state index in [4.69, 9.17) is 9.84 Å². The molecule has 1 rings (SSSR count). The van der Waals surface area contributed by atoms with E-state index in [1.807, 2.05) is 6.92 Å². The van der Waals surface area contributed by atoms with Crippen molar-refractivity contribution in [2.45, 2.75) is 18.9 Å². The lowest BCUT2D eigenvalue weighted by molar-refractivity contribution is 0.0704. The molecule has 2 N–H and O–H groups in total. The Morgan fingerprint density at radius 1 is 1.62 bits per heavy atom. The van der Waals surface area contributed by atoms with Crippen molar-refractivity contribution in [3.8, 4) is 0 Å². The molecule has 0 saturated carbocycles. The molecule has 0 aromatic carbocycles. The Bertz CT molecular complexity index is 191. The van der Waals surface area contributed by atoms with Crippen molar-refractivity contribution < 1.29 is 19.7 Å². The third-order valence-electron chi connectivity index (χ3n) is 2.53. The zero-order chi connectivity index (χ0) is 9.90. The molecule has 0 spiro atoms. The van der Waals surface area contributed by atoms with Gasteiger partial charge in [-0.3, -0.25) is 4.90 Å². The summed E-state index contributed by atoms with van der Waals surface area (Å²) in [7, 11) is 0. The summed E-state index contributed by atoms with van der Waals surface area (Å²) in [6, 6.07) is 0. The lowest BCUT2D eigenvalue weighted by atomic mass is 9.97. The molecule has 76 valence electrons. The number of nitrogens with zero attached hydrogens (tertiary/aromatic N) is 1. The quantitative estimate of drug-likeness (QED) is 0.629. The molecule has 0 radical (unpaired) electrons. The number of amides is 1. The number of hydrogen-bond acceptors (Lipinski definition) is 4. The summed E-state index contributed by atoms with van der Waals surface area (Å²) in [4.78, 5) is 12.6. The van der Waals surface area contributed by atoms with E-state index in [0.29, 0.717) is 6.42 Å². The van der Waals surface area contributed by atoms with E-state index in [1.54, 1.807) is 0 Å². The molecule has 5 heteroatoms. The van der Waals surface area contributed by atoms with Crippen LogP contribution in [-0.2, 0) is 4.74 Å². The maximum atomic E-state index is 11.2. The van der Waals surface area contributed by atoms with Gasteiger partial charge in [0.25, 0.3) is 0 Å². The molecule has 5 nitrogen and oxygen atoms in total. The van der Waals surface area contributed by atoms with Crippen molar-refractivity contribution in [2.24, 2.45) is 0 Å². The summed E-state index contributed by atoms with van der Waals surface area (Å²) in [6.07, 6.45) is 0.167. The molecule has 1 heterocycles. The van der Waals surface area contributed by atoms with Gasteiger partial charge >= 0.3 is 6.09 Å². The van der Waals surface area contributed by atoms with Crippen molar-refractivity contribution in [3.63, 3.8) is 0 Å². The number of ether oxygens (including phenoxy) is 1. The first-order valence-corrected chi connectivity index (χ1v) is 4.36. The molecule has 1 aliphatic rings. The lowest BCUT2D eigenvalue weighted by Crippen LogP contribution is -2.50. The van der Waals surface area contributed by atoms with Crippen molar-refractivity contribution >= 4 is 6.09 Å². The highest BCUT2D eigenvalue weighted by molar-refractivity contribution is 5.71. The Morgan fingerprint density at radius 2 is 2.31 bits per heavy atom. The minimum Gasteiger partial charge on any atom is -0.447 e. The Morgan fingerprint density at radius 3 is 2.77 bits per heavy atom. The van der Waals surface area contributed by atoms with E-state index in [-0.39, 0.29) is 26.4 Å². The molecular formula is C8H15NO4. The van der Waals surface area contributed by atoms with Crippen LogP contribution in [0.15, 0.2) is 0 Å². The fraction of sp³-hybridized carbons (Fsp3) is 0.875. The van der Waals surface area contributed by atoms with Crippen LogP contribution < -0.4 is 0 Å². The van der Waals surface area contributed by atoms with Crippen LogP contribution >= 0.6 is 0 Å². The van der Waals surface area contributed by atoms with Gasteiger partial charge < -0.3 is 14.9 Å². The summed E-state index contributed by atoms with van der Waals surface area (Å²) < 4.78 is 4.83. The maximum absolute atomic E-state index is 11.2. The number of aliphatic hydroxyl groups is 2. The highest BCUT2D eigenvalue weighted by Crippen LogP contribution is 2.26. The maximum Gasteiger partial charge on any atom is 0.410 e. The van der Waals surface area contributed by atoms with E-state index in [0.717, 1.165) is 0 Å². The Hall–Kier alpha value is -0.810. The molecule has 0 aromatic rings. The van der Waals surface area contributed by atoms with Gasteiger partial charge in [-0.1, -0.05) is 6.92 Å². The second kappa shape index (κ2) is 3.93. The average Bonchev–Trinajstić information content (AvgIpc) is 2.46. The summed E-state index contributed by atoms with van der Waals surface area (Å²) in [5.41, 5.74) is -0.625. The second-order valence-electron chi connectivity index (χ2n) is 3.17. The summed E-state index contributed by atoms with van der Waals surface area (Å²) in [5, 5.41) is 17.9. The summed E-state index contributed by atoms with van der Waals surface area (Å²) >= 11 is 0. The molecule has 0 aromatic heterocycles. The Labute approximate surface area is 76.9 Å². The van der Waals surface area contributed by atoms with Crippen LogP contribution in [0.1, 0.15) is 13.3 Å². The number of β-amino-alcohol motifs (C(OH)–C–C–N with tert-alkyl or cyclic N) is 1. The predicted octanol–water partition coefficient (Wildman–Crippen LogP) is -0.428. The first kappa shape index (κ1) is 10.3. The van der Waals surface area contributed by atoms with Gasteiger partial charge in [0, 0.05) is 6.54 Å². The van der Waals surface area contributed by atoms with Gasteiger partial charge in [-0.05, 0) is 6.42 Å². The van der Waals surface area contributed by atoms with Gasteiger partial charge in [0.15, 0.2) is 0 Å². The van der Waals surface area contributed by atoms with Crippen LogP contribution in [0, 0.1) is 0 Å². The smallest absolute Gasteiger partial charge is 0.410 e. The molecular weight excluding hydrogens is 174 g/mol. The SMILES string of the molecule is CCC1(CO)COC(=O)N1CCO. The van der Waals surface area contributed by atoms with Crippen LogP contribution in [0.3, 0.4) is 0 Å². The molecule has 1 aliphatic heterocycles. The van der Waals surface area contributed by atoms with Crippen LogP contribution in [0.5, 0.6) is 0 Å². The van der Waals surface area contributed by atoms with Crippen LogP contribution in [0.2, 0.25) is 0 Å². The third-order valence-corrected chi connectivity index (χ3v) is 2.53. The van der Waals surface area contributed by atoms with E-state index in [9.17, 15) is 9.90 Å². The number of carbonyl (C=O) groups is 1. The number of hydrogen-bond donors (Lipinski definition) is 2. The Kier molecular flexibility index (Phi) is 3.11. The zero-order valence-corrected chi connectivity index (χ0v) is 7.69. The summed E-state index contributed by atoms with van der Waals surface area (Å²) in [6.45, 7) is 2.06. The largest absolute Gasteiger partial charge is 0.447 e. The standard InChI is InChI=1S/C8H15NO4/c1-2-8(5-11)6-13-7(12)9(8)3-4-10/h10-11H,2-6H2,1H3. The second-order valence-corrected chi connectivity index (χ2v) is 3.17. The molecule has 1 unspecified atom stereocenters. The number of rotatable bonds is 4. The Balaban J connectivity index is 2.77. The van der Waals surface area contributed by atoms with Gasteiger partial charge in [0.2, 0.25) is 0 Å². The predicted molar refractivity (Wildman–Crippen MR) is 45.2 cm³/mol. The van der Waals surface area contributed by atoms with Gasteiger partial charge in [-0.25, -0.2) is 4.79 Å². The van der Waals surface area contributed by atoms with Gasteiger partial charge in [0.1, 0.15) is 12.1 Å². The first-order valence-electron chi connectivity index (χ1n) is 4.36. The van der Waals surface area contributed by atoms with Crippen LogP contribution in [0.4, 0.5) is 4.79 Å². The van der Waals surface area contributed by atoms with E-state index < -0.39 is 11.6 Å². The molecule has 0 bridgehead atoms. The number of aliphatic hydroxyl groups excluding tert-OH is 2.